The van der Waals surface area contributed by atoms with E-state index in [0.29, 0.717) is 19.4 Å². The fourth-order valence-corrected chi connectivity index (χ4v) is 3.54. The van der Waals surface area contributed by atoms with Crippen molar-refractivity contribution in [2.45, 2.75) is 32.4 Å². The summed E-state index contributed by atoms with van der Waals surface area (Å²) in [5.74, 6) is -0.0950. The van der Waals surface area contributed by atoms with Gasteiger partial charge >= 0.3 is 0 Å². The summed E-state index contributed by atoms with van der Waals surface area (Å²) < 4.78 is 0. The molecule has 5 heteroatoms. The van der Waals surface area contributed by atoms with Gasteiger partial charge in [-0.05, 0) is 24.2 Å². The van der Waals surface area contributed by atoms with Crippen molar-refractivity contribution >= 4 is 17.5 Å². The first-order valence-electron chi connectivity index (χ1n) is 9.50. The number of benzene rings is 2. The predicted molar refractivity (Wildman–Crippen MR) is 107 cm³/mol. The molecule has 0 bridgehead atoms. The van der Waals surface area contributed by atoms with E-state index in [-0.39, 0.29) is 11.8 Å². The van der Waals surface area contributed by atoms with Crippen LogP contribution in [-0.4, -0.2) is 42.9 Å². The quantitative estimate of drug-likeness (QED) is 0.821. The zero-order valence-electron chi connectivity index (χ0n) is 16.0. The Kier molecular flexibility index (Phi) is 6.24. The summed E-state index contributed by atoms with van der Waals surface area (Å²) in [7, 11) is 2.04. The van der Waals surface area contributed by atoms with Crippen molar-refractivity contribution in [1.29, 1.82) is 0 Å². The first kappa shape index (κ1) is 19.1. The molecule has 0 spiro atoms. The number of nitrogens with one attached hydrogen (secondary N) is 1. The molecule has 0 radical (unpaired) electrons. The lowest BCUT2D eigenvalue weighted by atomic mass is 10.1. The molecule has 1 aliphatic heterocycles. The first-order valence-corrected chi connectivity index (χ1v) is 9.50. The average Bonchev–Trinajstić information content (AvgIpc) is 3.08. The number of carbonyl (C=O) groups is 2. The topological polar surface area (TPSA) is 52.7 Å². The molecule has 0 aliphatic carbocycles. The van der Waals surface area contributed by atoms with E-state index in [0.717, 1.165) is 24.3 Å². The highest BCUT2D eigenvalue weighted by Crippen LogP contribution is 2.32. The normalized spacial score (nSPS) is 15.7. The second-order valence-electron chi connectivity index (χ2n) is 6.98. The van der Waals surface area contributed by atoms with Crippen LogP contribution in [0, 0.1) is 0 Å². The highest BCUT2D eigenvalue weighted by Gasteiger charge is 2.37. The van der Waals surface area contributed by atoms with E-state index in [2.05, 4.69) is 22.3 Å². The van der Waals surface area contributed by atoms with Crippen molar-refractivity contribution in [2.75, 3.05) is 25.0 Å². The Morgan fingerprint density at radius 3 is 2.56 bits per heavy atom. The van der Waals surface area contributed by atoms with Gasteiger partial charge in [0.15, 0.2) is 0 Å². The molecule has 1 atom stereocenters. The van der Waals surface area contributed by atoms with Crippen molar-refractivity contribution < 1.29 is 9.59 Å². The SMILES string of the molecule is CCC(=O)N1c2ccccc2C[C@@H]1C(=O)NCCN(C)Cc1ccccc1. The Morgan fingerprint density at radius 1 is 1.11 bits per heavy atom. The molecule has 0 saturated heterocycles. The second-order valence-corrected chi connectivity index (χ2v) is 6.98. The molecule has 2 aromatic carbocycles. The van der Waals surface area contributed by atoms with Crippen LogP contribution in [0.1, 0.15) is 24.5 Å². The van der Waals surface area contributed by atoms with Gasteiger partial charge in [-0.25, -0.2) is 0 Å². The van der Waals surface area contributed by atoms with Crippen LogP contribution in [0.3, 0.4) is 0 Å². The van der Waals surface area contributed by atoms with E-state index in [9.17, 15) is 9.59 Å². The van der Waals surface area contributed by atoms with Crippen LogP contribution in [0.25, 0.3) is 0 Å². The molecule has 0 fully saturated rings. The number of hydrogen-bond acceptors (Lipinski definition) is 3. The molecular weight excluding hydrogens is 338 g/mol. The van der Waals surface area contributed by atoms with Gasteiger partial charge in [0, 0.05) is 38.2 Å². The van der Waals surface area contributed by atoms with Gasteiger partial charge < -0.3 is 10.2 Å². The number of amides is 2. The van der Waals surface area contributed by atoms with E-state index in [1.165, 1.54) is 5.56 Å². The zero-order chi connectivity index (χ0) is 19.2. The van der Waals surface area contributed by atoms with Crippen LogP contribution >= 0.6 is 0 Å². The molecule has 0 aromatic heterocycles. The monoisotopic (exact) mass is 365 g/mol. The molecule has 1 aliphatic rings. The summed E-state index contributed by atoms with van der Waals surface area (Å²) in [6.07, 6.45) is 0.964. The van der Waals surface area contributed by atoms with Crippen LogP contribution in [0.4, 0.5) is 5.69 Å². The molecule has 5 nitrogen and oxygen atoms in total. The maximum atomic E-state index is 12.8. The van der Waals surface area contributed by atoms with Crippen molar-refractivity contribution in [3.05, 3.63) is 65.7 Å². The van der Waals surface area contributed by atoms with Crippen molar-refractivity contribution in [2.24, 2.45) is 0 Å². The number of carbonyl (C=O) groups excluding carboxylic acids is 2. The number of para-hydroxylation sites is 1. The summed E-state index contributed by atoms with van der Waals surface area (Å²) in [6.45, 7) is 3.98. The third-order valence-corrected chi connectivity index (χ3v) is 4.94. The molecule has 1 N–H and O–H groups in total. The van der Waals surface area contributed by atoms with Gasteiger partial charge in [0.05, 0.1) is 0 Å². The number of fused-ring (bicyclic) bond motifs is 1. The Bertz CT molecular complexity index is 791. The highest BCUT2D eigenvalue weighted by molar-refractivity contribution is 6.03. The van der Waals surface area contributed by atoms with Crippen LogP contribution in [0.2, 0.25) is 0 Å². The molecule has 2 amide bonds. The van der Waals surface area contributed by atoms with Crippen molar-refractivity contribution in [1.82, 2.24) is 10.2 Å². The van der Waals surface area contributed by atoms with E-state index in [1.54, 1.807) is 4.90 Å². The number of nitrogens with zero attached hydrogens (tertiary/aromatic N) is 2. The minimum Gasteiger partial charge on any atom is -0.353 e. The zero-order valence-corrected chi connectivity index (χ0v) is 16.0. The third kappa shape index (κ3) is 4.55. The minimum atomic E-state index is -0.450. The summed E-state index contributed by atoms with van der Waals surface area (Å²) >= 11 is 0. The van der Waals surface area contributed by atoms with E-state index >= 15 is 0 Å². The van der Waals surface area contributed by atoms with Gasteiger partial charge in [0.25, 0.3) is 0 Å². The highest BCUT2D eigenvalue weighted by atomic mass is 16.2. The first-order chi connectivity index (χ1) is 13.1. The molecule has 27 heavy (non-hydrogen) atoms. The number of hydrogen-bond donors (Lipinski definition) is 1. The predicted octanol–water partition coefficient (Wildman–Crippen LogP) is 2.60. The second kappa shape index (κ2) is 8.82. The summed E-state index contributed by atoms with van der Waals surface area (Å²) in [4.78, 5) is 29.0. The molecule has 2 aromatic rings. The summed E-state index contributed by atoms with van der Waals surface area (Å²) in [5, 5.41) is 3.01. The fourth-order valence-electron chi connectivity index (χ4n) is 3.54. The smallest absolute Gasteiger partial charge is 0.243 e. The third-order valence-electron chi connectivity index (χ3n) is 4.94. The van der Waals surface area contributed by atoms with Gasteiger partial charge in [-0.3, -0.25) is 14.5 Å². The van der Waals surface area contributed by atoms with E-state index in [4.69, 9.17) is 0 Å². The standard InChI is InChI=1S/C22H27N3O2/c1-3-21(26)25-19-12-8-7-11-18(19)15-20(25)22(27)23-13-14-24(2)16-17-9-5-4-6-10-17/h4-12,20H,3,13-16H2,1-2H3,(H,23,27)/t20-/m1/s1. The lowest BCUT2D eigenvalue weighted by Gasteiger charge is -2.25. The van der Waals surface area contributed by atoms with Gasteiger partial charge in [0.1, 0.15) is 6.04 Å². The largest absolute Gasteiger partial charge is 0.353 e. The minimum absolute atomic E-state index is 0.0127. The van der Waals surface area contributed by atoms with Crippen LogP contribution in [-0.2, 0) is 22.6 Å². The van der Waals surface area contributed by atoms with Crippen LogP contribution in [0.15, 0.2) is 54.6 Å². The van der Waals surface area contributed by atoms with Crippen LogP contribution in [0.5, 0.6) is 0 Å². The molecule has 0 unspecified atom stereocenters. The molecule has 142 valence electrons. The molecule has 1 heterocycles. The van der Waals surface area contributed by atoms with Crippen LogP contribution < -0.4 is 10.2 Å². The van der Waals surface area contributed by atoms with Crippen molar-refractivity contribution in [3.8, 4) is 0 Å². The Hall–Kier alpha value is -2.66. The maximum absolute atomic E-state index is 12.8. The summed E-state index contributed by atoms with van der Waals surface area (Å²) in [6, 6.07) is 17.6. The number of rotatable bonds is 7. The van der Waals surface area contributed by atoms with Gasteiger partial charge in [-0.2, -0.15) is 0 Å². The molecular formula is C22H27N3O2. The fraction of sp³-hybridized carbons (Fsp3) is 0.364. The Balaban J connectivity index is 1.55. The number of anilines is 1. The van der Waals surface area contributed by atoms with Gasteiger partial charge in [0.2, 0.25) is 11.8 Å². The number of likely N-dealkylation sites (N-methyl/N-ethyl adjacent to an activating group) is 1. The average molecular weight is 365 g/mol. The molecule has 0 saturated carbocycles. The van der Waals surface area contributed by atoms with Crippen molar-refractivity contribution in [3.63, 3.8) is 0 Å². The molecule has 3 rings (SSSR count). The Labute approximate surface area is 161 Å². The Morgan fingerprint density at radius 2 is 1.81 bits per heavy atom. The van der Waals surface area contributed by atoms with Gasteiger partial charge in [-0.1, -0.05) is 55.5 Å². The lowest BCUT2D eigenvalue weighted by molar-refractivity contribution is -0.126. The maximum Gasteiger partial charge on any atom is 0.243 e. The van der Waals surface area contributed by atoms with E-state index in [1.807, 2.05) is 56.4 Å². The van der Waals surface area contributed by atoms with Gasteiger partial charge in [-0.15, -0.1) is 0 Å². The summed E-state index contributed by atoms with van der Waals surface area (Å²) in [5.41, 5.74) is 3.17. The van der Waals surface area contributed by atoms with E-state index < -0.39 is 6.04 Å². The lowest BCUT2D eigenvalue weighted by Crippen LogP contribution is -2.49.